The lowest BCUT2D eigenvalue weighted by atomic mass is 9.87. The number of fused-ring (bicyclic) bond motifs is 18. The highest BCUT2D eigenvalue weighted by Gasteiger charge is 2.30. The number of hydrogen-bond donors (Lipinski definition) is 0. The molecule has 0 radical (unpaired) electrons. The molecule has 0 bridgehead atoms. The molecule has 11 aromatic carbocycles. The van der Waals surface area contributed by atoms with Crippen molar-refractivity contribution in [3.63, 3.8) is 0 Å². The molecule has 6 aromatic heterocycles. The van der Waals surface area contributed by atoms with Gasteiger partial charge in [-0.1, -0.05) is 175 Å². The first-order valence-corrected chi connectivity index (χ1v) is 29.5. The quantitative estimate of drug-likeness (QED) is 0.165. The molecule has 0 saturated carbocycles. The highest BCUT2D eigenvalue weighted by Crippen LogP contribution is 2.54. The van der Waals surface area contributed by atoms with Crippen LogP contribution in [0.1, 0.15) is 52.7 Å². The molecule has 17 aromatic rings. The third kappa shape index (κ3) is 6.32. The zero-order valence-electron chi connectivity index (χ0n) is 45.4. The van der Waals surface area contributed by atoms with Gasteiger partial charge in [-0.3, -0.25) is 0 Å². The second-order valence-electron chi connectivity index (χ2n) is 24.1. The van der Waals surface area contributed by atoms with Crippen LogP contribution in [0.3, 0.4) is 0 Å². The highest BCUT2D eigenvalue weighted by molar-refractivity contribution is 7.26. The van der Waals surface area contributed by atoms with Crippen molar-refractivity contribution in [2.45, 2.75) is 52.4 Å². The molecule has 0 fully saturated rings. The van der Waals surface area contributed by atoms with Crippen molar-refractivity contribution in [1.29, 1.82) is 0 Å². The third-order valence-electron chi connectivity index (χ3n) is 17.5. The largest absolute Gasteiger partial charge is 0.308 e. The van der Waals surface area contributed by atoms with Crippen LogP contribution in [0, 0.1) is 0 Å². The number of anilines is 6. The van der Waals surface area contributed by atoms with Gasteiger partial charge in [0.1, 0.15) is 0 Å². The van der Waals surface area contributed by atoms with Gasteiger partial charge in [0.2, 0.25) is 0 Å². The van der Waals surface area contributed by atoms with Crippen LogP contribution in [-0.2, 0) is 10.8 Å². The Bertz CT molecular complexity index is 5050. The third-order valence-corrected chi connectivity index (χ3v) is 19.9. The standard InChI is InChI=1S/C74H54N4S2/c1-73(2,3)43-29-33-45(34-30-43)75(61-25-15-21-51-47-17-9-13-27-65(47)79-71(51)61)59-39-37-49-55-41-64-56(42-63(55)77-57-23-11-7-19-53(57)67(59)69(49)77)50-38-40-60(68-54-20-8-12-24-58(54)78(64)70(50)68)76(46-35-31-44(32-36-46)74(4,5)6)62-26-16-22-52-48-18-10-14-28-66(48)80-72(52)62/h7-42H,1-6H3. The smallest absolute Gasteiger partial charge is 0.0641 e. The van der Waals surface area contributed by atoms with Crippen LogP contribution in [0.15, 0.2) is 218 Å². The van der Waals surface area contributed by atoms with Gasteiger partial charge in [0.25, 0.3) is 0 Å². The molecular formula is C74H54N4S2. The van der Waals surface area contributed by atoms with E-state index in [0.717, 1.165) is 11.4 Å². The monoisotopic (exact) mass is 1060 g/mol. The van der Waals surface area contributed by atoms with Crippen molar-refractivity contribution >= 4 is 173 Å². The van der Waals surface area contributed by atoms with E-state index in [4.69, 9.17) is 0 Å². The Morgan fingerprint density at radius 1 is 0.300 bits per heavy atom. The Labute approximate surface area is 470 Å². The number of nitrogens with zero attached hydrogens (tertiary/aromatic N) is 4. The van der Waals surface area contributed by atoms with Crippen molar-refractivity contribution in [3.8, 4) is 0 Å². The highest BCUT2D eigenvalue weighted by atomic mass is 32.1. The summed E-state index contributed by atoms with van der Waals surface area (Å²) in [6, 6.07) is 82.9. The van der Waals surface area contributed by atoms with E-state index in [1.165, 1.54) is 150 Å². The fraction of sp³-hybridized carbons (Fsp3) is 0.108. The number of aromatic nitrogens is 2. The fourth-order valence-corrected chi connectivity index (χ4v) is 16.1. The van der Waals surface area contributed by atoms with Gasteiger partial charge in [-0.2, -0.15) is 0 Å². The summed E-state index contributed by atoms with van der Waals surface area (Å²) >= 11 is 3.78. The molecule has 0 amide bonds. The summed E-state index contributed by atoms with van der Waals surface area (Å²) in [5.74, 6) is 0. The summed E-state index contributed by atoms with van der Waals surface area (Å²) in [5, 5.41) is 15.2. The van der Waals surface area contributed by atoms with Gasteiger partial charge >= 0.3 is 0 Å². The van der Waals surface area contributed by atoms with Crippen molar-refractivity contribution in [2.24, 2.45) is 0 Å². The van der Waals surface area contributed by atoms with E-state index in [1.807, 2.05) is 22.7 Å². The van der Waals surface area contributed by atoms with Gasteiger partial charge in [-0.15, -0.1) is 22.7 Å². The Balaban J connectivity index is 0.934. The van der Waals surface area contributed by atoms with Crippen LogP contribution in [0.5, 0.6) is 0 Å². The number of benzene rings is 11. The zero-order chi connectivity index (χ0) is 53.5. The first-order valence-electron chi connectivity index (χ1n) is 27.9. The summed E-state index contributed by atoms with van der Waals surface area (Å²) in [7, 11) is 0. The Kier molecular flexibility index (Phi) is 9.39. The number of rotatable bonds is 6. The van der Waals surface area contributed by atoms with Crippen LogP contribution in [0.4, 0.5) is 34.1 Å². The predicted molar refractivity (Wildman–Crippen MR) is 348 cm³/mol. The van der Waals surface area contributed by atoms with Crippen molar-refractivity contribution < 1.29 is 0 Å². The maximum atomic E-state index is 2.58. The molecule has 0 saturated heterocycles. The number of para-hydroxylation sites is 2. The lowest BCUT2D eigenvalue weighted by molar-refractivity contribution is 0.590. The topological polar surface area (TPSA) is 15.3 Å². The Morgan fingerprint density at radius 3 is 1.09 bits per heavy atom. The maximum Gasteiger partial charge on any atom is 0.0641 e. The molecule has 0 N–H and O–H groups in total. The van der Waals surface area contributed by atoms with Crippen LogP contribution in [0.2, 0.25) is 0 Å². The second-order valence-corrected chi connectivity index (χ2v) is 26.2. The summed E-state index contributed by atoms with van der Waals surface area (Å²) < 4.78 is 10.3. The normalized spacial score (nSPS) is 12.9. The molecule has 6 heteroatoms. The summed E-state index contributed by atoms with van der Waals surface area (Å²) in [4.78, 5) is 5.09. The predicted octanol–water partition coefficient (Wildman–Crippen LogP) is 22.3. The second kappa shape index (κ2) is 16.3. The molecule has 0 aliphatic carbocycles. The minimum absolute atomic E-state index is 0.0258. The maximum absolute atomic E-state index is 2.58. The zero-order valence-corrected chi connectivity index (χ0v) is 47.0. The molecule has 80 heavy (non-hydrogen) atoms. The lowest BCUT2D eigenvalue weighted by Gasteiger charge is -2.28. The molecule has 0 aliphatic rings. The molecule has 17 rings (SSSR count). The molecule has 0 atom stereocenters. The van der Waals surface area contributed by atoms with Crippen molar-refractivity contribution in [3.05, 3.63) is 230 Å². The first kappa shape index (κ1) is 46.0. The van der Waals surface area contributed by atoms with Gasteiger partial charge in [-0.25, -0.2) is 0 Å². The molecule has 6 heterocycles. The van der Waals surface area contributed by atoms with Gasteiger partial charge in [0, 0.05) is 85.4 Å². The molecule has 0 spiro atoms. The average molecular weight is 1060 g/mol. The van der Waals surface area contributed by atoms with E-state index in [9.17, 15) is 0 Å². The van der Waals surface area contributed by atoms with Crippen LogP contribution >= 0.6 is 22.7 Å². The van der Waals surface area contributed by atoms with Gasteiger partial charge < -0.3 is 18.6 Å². The van der Waals surface area contributed by atoms with E-state index in [0.29, 0.717) is 0 Å². The molecular weight excluding hydrogens is 1010 g/mol. The summed E-state index contributed by atoms with van der Waals surface area (Å²) in [6.07, 6.45) is 0. The van der Waals surface area contributed by atoms with E-state index >= 15 is 0 Å². The van der Waals surface area contributed by atoms with E-state index in [1.54, 1.807) is 0 Å². The Hall–Kier alpha value is -8.94. The van der Waals surface area contributed by atoms with Crippen LogP contribution in [0.25, 0.3) is 117 Å². The Morgan fingerprint density at radius 2 is 0.675 bits per heavy atom. The number of thiophene rings is 2. The average Bonchev–Trinajstić information content (AvgIpc) is 4.38. The molecule has 4 nitrogen and oxygen atoms in total. The first-order chi connectivity index (χ1) is 39.0. The van der Waals surface area contributed by atoms with Crippen LogP contribution in [-0.4, -0.2) is 8.80 Å². The summed E-state index contributed by atoms with van der Waals surface area (Å²) in [6.45, 7) is 13.8. The van der Waals surface area contributed by atoms with Gasteiger partial charge in [-0.05, 0) is 107 Å². The summed E-state index contributed by atoms with van der Waals surface area (Å²) in [5.41, 5.74) is 17.1. The van der Waals surface area contributed by atoms with E-state index < -0.39 is 0 Å². The molecule has 0 unspecified atom stereocenters. The van der Waals surface area contributed by atoms with Gasteiger partial charge in [0.15, 0.2) is 0 Å². The van der Waals surface area contributed by atoms with Crippen LogP contribution < -0.4 is 9.80 Å². The van der Waals surface area contributed by atoms with E-state index in [-0.39, 0.29) is 10.8 Å². The fourth-order valence-electron chi connectivity index (χ4n) is 13.7. The minimum atomic E-state index is 0.0258. The van der Waals surface area contributed by atoms with Gasteiger partial charge in [0.05, 0.1) is 65.2 Å². The SMILES string of the molecule is CC(C)(C)c1ccc(N(c2cccc3c2sc2ccccc23)c2ccc3c4cc5c(cc4n4c6ccccc6c2c34)c2ccc(N(c3ccc(C(C)(C)C)cc3)c3cccc4c3sc3ccccc34)c3c4ccccc4n5c23)cc1. The van der Waals surface area contributed by atoms with E-state index in [2.05, 4.69) is 279 Å². The van der Waals surface area contributed by atoms with Crippen molar-refractivity contribution in [1.82, 2.24) is 8.80 Å². The number of hydrogen-bond acceptors (Lipinski definition) is 4. The molecule has 382 valence electrons. The lowest BCUT2D eigenvalue weighted by Crippen LogP contribution is -2.13. The molecule has 0 aliphatic heterocycles. The minimum Gasteiger partial charge on any atom is -0.308 e. The van der Waals surface area contributed by atoms with Crippen molar-refractivity contribution in [2.75, 3.05) is 9.80 Å².